The van der Waals surface area contributed by atoms with Crippen LogP contribution in [0.15, 0.2) is 24.3 Å². The first-order valence-corrected chi connectivity index (χ1v) is 9.44. The molecule has 0 aromatic heterocycles. The molecule has 6 heteroatoms. The maximum absolute atomic E-state index is 12.7. The Bertz CT molecular complexity index is 586. The molecule has 2 aliphatic heterocycles. The van der Waals surface area contributed by atoms with Crippen LogP contribution in [-0.2, 0) is 9.59 Å². The predicted molar refractivity (Wildman–Crippen MR) is 91.9 cm³/mol. The van der Waals surface area contributed by atoms with Crippen LogP contribution in [0.5, 0.6) is 0 Å². The Hall–Kier alpha value is -1.20. The van der Waals surface area contributed by atoms with Crippen molar-refractivity contribution >= 4 is 35.2 Å². The third-order valence-corrected chi connectivity index (χ3v) is 6.12. The van der Waals surface area contributed by atoms with Crippen LogP contribution in [0.3, 0.4) is 0 Å². The van der Waals surface area contributed by atoms with E-state index in [0.717, 1.165) is 29.9 Å². The van der Waals surface area contributed by atoms with Crippen LogP contribution in [0.2, 0.25) is 5.02 Å². The summed E-state index contributed by atoms with van der Waals surface area (Å²) in [5.41, 5.74) is 0.941. The first-order chi connectivity index (χ1) is 11.1. The molecule has 2 fully saturated rings. The number of nitrogens with zero attached hydrogens (tertiary/aromatic N) is 1. The number of thioether (sulfide) groups is 1. The molecule has 124 valence electrons. The number of hydrogen-bond donors (Lipinski definition) is 1. The minimum atomic E-state index is -0.834. The van der Waals surface area contributed by atoms with Gasteiger partial charge in [-0.2, -0.15) is 11.8 Å². The number of carboxylic acids is 1. The van der Waals surface area contributed by atoms with E-state index >= 15 is 0 Å². The van der Waals surface area contributed by atoms with Gasteiger partial charge in [0.15, 0.2) is 0 Å². The van der Waals surface area contributed by atoms with E-state index in [2.05, 4.69) is 0 Å². The van der Waals surface area contributed by atoms with E-state index < -0.39 is 11.9 Å². The lowest BCUT2D eigenvalue weighted by Crippen LogP contribution is -2.36. The van der Waals surface area contributed by atoms with E-state index in [1.807, 2.05) is 23.9 Å². The molecule has 2 heterocycles. The minimum Gasteiger partial charge on any atom is -0.481 e. The maximum Gasteiger partial charge on any atom is 0.308 e. The zero-order valence-electron chi connectivity index (χ0n) is 12.8. The Morgan fingerprint density at radius 3 is 2.39 bits per heavy atom. The number of carboxylic acid groups (broad SMARTS) is 1. The summed E-state index contributed by atoms with van der Waals surface area (Å²) in [5, 5.41) is 10.2. The van der Waals surface area contributed by atoms with E-state index in [4.69, 9.17) is 11.6 Å². The van der Waals surface area contributed by atoms with E-state index in [1.54, 1.807) is 17.0 Å². The van der Waals surface area contributed by atoms with Crippen LogP contribution >= 0.6 is 23.4 Å². The lowest BCUT2D eigenvalue weighted by molar-refractivity contribution is -0.142. The van der Waals surface area contributed by atoms with Gasteiger partial charge >= 0.3 is 5.97 Å². The molecule has 0 aliphatic carbocycles. The average Bonchev–Trinajstić information content (AvgIpc) is 3.01. The van der Waals surface area contributed by atoms with Gasteiger partial charge in [0, 0.05) is 29.9 Å². The highest BCUT2D eigenvalue weighted by Crippen LogP contribution is 2.35. The van der Waals surface area contributed by atoms with Crippen molar-refractivity contribution in [2.45, 2.75) is 18.8 Å². The smallest absolute Gasteiger partial charge is 0.308 e. The molecule has 0 spiro atoms. The van der Waals surface area contributed by atoms with Crippen LogP contribution in [0, 0.1) is 11.8 Å². The molecule has 23 heavy (non-hydrogen) atoms. The molecule has 1 amide bonds. The first-order valence-electron chi connectivity index (χ1n) is 7.91. The number of carbonyl (C=O) groups excluding carboxylic acids is 1. The van der Waals surface area contributed by atoms with Gasteiger partial charge in [0.05, 0.1) is 5.92 Å². The molecule has 2 saturated heterocycles. The number of halogens is 1. The van der Waals surface area contributed by atoms with E-state index in [1.165, 1.54) is 0 Å². The van der Waals surface area contributed by atoms with Gasteiger partial charge in [0.2, 0.25) is 5.91 Å². The second-order valence-electron chi connectivity index (χ2n) is 6.23. The maximum atomic E-state index is 12.7. The minimum absolute atomic E-state index is 0.0645. The molecule has 0 unspecified atom stereocenters. The fraction of sp³-hybridized carbons (Fsp3) is 0.529. The van der Waals surface area contributed by atoms with Gasteiger partial charge in [-0.1, -0.05) is 23.7 Å². The predicted octanol–water partition coefficient (Wildman–Crippen LogP) is 3.11. The lowest BCUT2D eigenvalue weighted by atomic mass is 9.89. The Morgan fingerprint density at radius 2 is 1.78 bits per heavy atom. The zero-order valence-corrected chi connectivity index (χ0v) is 14.4. The molecular weight excluding hydrogens is 334 g/mol. The van der Waals surface area contributed by atoms with Crippen molar-refractivity contribution < 1.29 is 14.7 Å². The fourth-order valence-corrected chi connectivity index (χ4v) is 4.72. The van der Waals surface area contributed by atoms with Gasteiger partial charge < -0.3 is 10.0 Å². The summed E-state index contributed by atoms with van der Waals surface area (Å²) in [6, 6.07) is 7.29. The van der Waals surface area contributed by atoms with Crippen LogP contribution in [0.1, 0.15) is 24.3 Å². The molecule has 2 aliphatic rings. The van der Waals surface area contributed by atoms with Crippen LogP contribution in [0.4, 0.5) is 0 Å². The summed E-state index contributed by atoms with van der Waals surface area (Å²) in [4.78, 5) is 26.1. The highest BCUT2D eigenvalue weighted by molar-refractivity contribution is 7.99. The molecule has 1 aromatic carbocycles. The van der Waals surface area contributed by atoms with Crippen LogP contribution in [-0.4, -0.2) is 46.5 Å². The molecule has 2 atom stereocenters. The largest absolute Gasteiger partial charge is 0.481 e. The van der Waals surface area contributed by atoms with E-state index in [-0.39, 0.29) is 17.7 Å². The zero-order chi connectivity index (χ0) is 16.4. The summed E-state index contributed by atoms with van der Waals surface area (Å²) in [6.07, 6.45) is 1.81. The third-order valence-electron chi connectivity index (χ3n) is 4.82. The van der Waals surface area contributed by atoms with Gasteiger partial charge in [0.1, 0.15) is 0 Å². The second-order valence-corrected chi connectivity index (χ2v) is 7.89. The molecule has 1 aromatic rings. The molecule has 1 N–H and O–H groups in total. The molecule has 3 rings (SSSR count). The van der Waals surface area contributed by atoms with Crippen molar-refractivity contribution in [2.24, 2.45) is 11.8 Å². The number of amides is 1. The molecule has 0 saturated carbocycles. The Morgan fingerprint density at radius 1 is 1.13 bits per heavy atom. The van der Waals surface area contributed by atoms with Crippen LogP contribution < -0.4 is 0 Å². The van der Waals surface area contributed by atoms with Crippen molar-refractivity contribution in [1.29, 1.82) is 0 Å². The van der Waals surface area contributed by atoms with Crippen LogP contribution in [0.25, 0.3) is 0 Å². The van der Waals surface area contributed by atoms with Crippen molar-refractivity contribution in [3.63, 3.8) is 0 Å². The SMILES string of the molecule is O=C(O)[C@@H]1CN(C(=O)C2CCSCC2)C[C@H]1c1ccc(Cl)cc1. The third kappa shape index (κ3) is 3.66. The standard InChI is InChI=1S/C17H20ClNO3S/c18-13-3-1-11(2-4-13)14-9-19(10-15(14)17(21)22)16(20)12-5-7-23-8-6-12/h1-4,12,14-15H,5-10H2,(H,21,22)/t14-,15+/m0/s1. The Balaban J connectivity index is 1.76. The van der Waals surface area contributed by atoms with E-state index in [9.17, 15) is 14.7 Å². The Kier molecular flexibility index (Phi) is 5.17. The van der Waals surface area contributed by atoms with Crippen molar-refractivity contribution in [3.05, 3.63) is 34.9 Å². The van der Waals surface area contributed by atoms with Gasteiger partial charge in [0.25, 0.3) is 0 Å². The number of benzene rings is 1. The highest BCUT2D eigenvalue weighted by atomic mass is 35.5. The second kappa shape index (κ2) is 7.14. The van der Waals surface area contributed by atoms with Gasteiger partial charge in [-0.3, -0.25) is 9.59 Å². The first kappa shape index (κ1) is 16.7. The van der Waals surface area contributed by atoms with Crippen molar-refractivity contribution in [3.8, 4) is 0 Å². The summed E-state index contributed by atoms with van der Waals surface area (Å²) in [7, 11) is 0. The number of carbonyl (C=O) groups is 2. The normalized spacial score (nSPS) is 25.5. The number of likely N-dealkylation sites (tertiary alicyclic amines) is 1. The highest BCUT2D eigenvalue weighted by Gasteiger charge is 2.41. The summed E-state index contributed by atoms with van der Waals surface area (Å²) >= 11 is 7.80. The quantitative estimate of drug-likeness (QED) is 0.907. The molecule has 0 bridgehead atoms. The summed E-state index contributed by atoms with van der Waals surface area (Å²) in [6.45, 7) is 0.798. The van der Waals surface area contributed by atoms with Crippen molar-refractivity contribution in [1.82, 2.24) is 4.90 Å². The summed E-state index contributed by atoms with van der Waals surface area (Å²) in [5.74, 6) is 0.701. The van der Waals surface area contributed by atoms with Gasteiger partial charge in [-0.15, -0.1) is 0 Å². The molecule has 4 nitrogen and oxygen atoms in total. The number of rotatable bonds is 3. The number of hydrogen-bond acceptors (Lipinski definition) is 3. The van der Waals surface area contributed by atoms with Crippen molar-refractivity contribution in [2.75, 3.05) is 24.6 Å². The molecule has 0 radical (unpaired) electrons. The van der Waals surface area contributed by atoms with Gasteiger partial charge in [-0.05, 0) is 42.0 Å². The Labute approximate surface area is 145 Å². The lowest BCUT2D eigenvalue weighted by Gasteiger charge is -2.26. The fourth-order valence-electron chi connectivity index (χ4n) is 3.48. The molecular formula is C17H20ClNO3S. The van der Waals surface area contributed by atoms with Gasteiger partial charge in [-0.25, -0.2) is 0 Å². The monoisotopic (exact) mass is 353 g/mol. The van der Waals surface area contributed by atoms with E-state index in [0.29, 0.717) is 18.1 Å². The topological polar surface area (TPSA) is 57.6 Å². The average molecular weight is 354 g/mol. The summed E-state index contributed by atoms with van der Waals surface area (Å²) < 4.78 is 0. The number of aliphatic carboxylic acids is 1.